The van der Waals surface area contributed by atoms with Crippen LogP contribution in [0.1, 0.15) is 5.56 Å². The van der Waals surface area contributed by atoms with Crippen molar-refractivity contribution in [3.63, 3.8) is 0 Å². The Morgan fingerprint density at radius 2 is 1.62 bits per heavy atom. The minimum atomic E-state index is -3.88. The molecule has 8 nitrogen and oxygen atoms in total. The van der Waals surface area contributed by atoms with Crippen molar-refractivity contribution >= 4 is 43.1 Å². The number of hydrogen-bond donors (Lipinski definition) is 2. The first-order valence-corrected chi connectivity index (χ1v) is 12.3. The van der Waals surface area contributed by atoms with Crippen LogP contribution in [0.2, 0.25) is 0 Å². The van der Waals surface area contributed by atoms with Crippen LogP contribution in [0, 0.1) is 0 Å². The molecule has 0 saturated carbocycles. The van der Waals surface area contributed by atoms with E-state index in [1.54, 1.807) is 30.3 Å². The van der Waals surface area contributed by atoms with E-state index in [9.17, 15) is 8.42 Å². The molecule has 0 aliphatic heterocycles. The Kier molecular flexibility index (Phi) is 4.77. The summed E-state index contributed by atoms with van der Waals surface area (Å²) in [4.78, 5) is 8.13. The first-order chi connectivity index (χ1) is 16.6. The van der Waals surface area contributed by atoms with Crippen molar-refractivity contribution in [3.05, 3.63) is 90.6 Å². The minimum Gasteiger partial charge on any atom is -0.369 e. The first kappa shape index (κ1) is 20.4. The van der Waals surface area contributed by atoms with Crippen LogP contribution in [-0.4, -0.2) is 39.8 Å². The van der Waals surface area contributed by atoms with Crippen LogP contribution in [0.25, 0.3) is 27.5 Å². The number of anilines is 1. The quantitative estimate of drug-likeness (QED) is 0.379. The van der Waals surface area contributed by atoms with Gasteiger partial charge in [0.1, 0.15) is 5.82 Å². The second kappa shape index (κ2) is 7.96. The summed E-state index contributed by atoms with van der Waals surface area (Å²) in [7, 11) is -3.88. The van der Waals surface area contributed by atoms with Gasteiger partial charge in [-0.3, -0.25) is 0 Å². The molecule has 0 fully saturated rings. The van der Waals surface area contributed by atoms with Crippen molar-refractivity contribution in [1.29, 1.82) is 0 Å². The van der Waals surface area contributed by atoms with Gasteiger partial charge in [-0.2, -0.15) is 4.52 Å². The van der Waals surface area contributed by atoms with Gasteiger partial charge >= 0.3 is 0 Å². The molecule has 3 aromatic carbocycles. The Balaban J connectivity index is 1.40. The van der Waals surface area contributed by atoms with Crippen molar-refractivity contribution in [2.24, 2.45) is 0 Å². The number of H-pyrrole nitrogens is 1. The number of para-hydroxylation sites is 2. The predicted octanol–water partition coefficient (Wildman–Crippen LogP) is 4.25. The topological polar surface area (TPSA) is 105 Å². The molecular formula is C25H20N6O2S. The van der Waals surface area contributed by atoms with Crippen molar-refractivity contribution in [3.8, 4) is 0 Å². The highest BCUT2D eigenvalue weighted by Gasteiger charge is 2.26. The summed E-state index contributed by atoms with van der Waals surface area (Å²) >= 11 is 0. The molecule has 0 atom stereocenters. The minimum absolute atomic E-state index is 0.154. The Morgan fingerprint density at radius 1 is 0.882 bits per heavy atom. The van der Waals surface area contributed by atoms with E-state index in [-0.39, 0.29) is 15.6 Å². The predicted molar refractivity (Wildman–Crippen MR) is 131 cm³/mol. The van der Waals surface area contributed by atoms with E-state index in [2.05, 4.69) is 37.7 Å². The van der Waals surface area contributed by atoms with Crippen molar-refractivity contribution in [2.45, 2.75) is 16.3 Å². The summed E-state index contributed by atoms with van der Waals surface area (Å²) in [5.74, 6) is 0.592. The molecule has 3 heterocycles. The van der Waals surface area contributed by atoms with Crippen LogP contribution >= 0.6 is 0 Å². The second-order valence-corrected chi connectivity index (χ2v) is 9.83. The molecule has 0 spiro atoms. The number of aromatic amines is 1. The zero-order chi connectivity index (χ0) is 23.1. The average molecular weight is 469 g/mol. The lowest BCUT2D eigenvalue weighted by molar-refractivity contribution is 0.592. The third-order valence-electron chi connectivity index (χ3n) is 5.89. The maximum Gasteiger partial charge on any atom is 0.229 e. The molecule has 3 aromatic heterocycles. The van der Waals surface area contributed by atoms with E-state index in [1.807, 2.05) is 42.6 Å². The summed E-state index contributed by atoms with van der Waals surface area (Å²) in [5.41, 5.74) is 3.22. The van der Waals surface area contributed by atoms with Gasteiger partial charge in [0, 0.05) is 29.0 Å². The molecule has 168 valence electrons. The molecular weight excluding hydrogens is 448 g/mol. The standard InChI is InChI=1S/C25H20N6O2S/c32-34(33,18-8-2-1-3-9-18)25-24-28-23(20-11-5-7-13-22(20)31(24)30-29-25)26-15-14-17-16-27-21-12-6-4-10-19(17)21/h1-13,16,27H,14-15H2,(H,26,28). The van der Waals surface area contributed by atoms with E-state index < -0.39 is 9.84 Å². The van der Waals surface area contributed by atoms with Gasteiger partial charge < -0.3 is 10.3 Å². The van der Waals surface area contributed by atoms with Crippen LogP contribution in [0.3, 0.4) is 0 Å². The van der Waals surface area contributed by atoms with E-state index in [4.69, 9.17) is 0 Å². The lowest BCUT2D eigenvalue weighted by Gasteiger charge is -2.10. The number of rotatable bonds is 6. The van der Waals surface area contributed by atoms with Crippen LogP contribution < -0.4 is 5.32 Å². The fourth-order valence-electron chi connectivity index (χ4n) is 4.22. The van der Waals surface area contributed by atoms with Gasteiger partial charge in [0.05, 0.1) is 10.4 Å². The molecule has 0 amide bonds. The summed E-state index contributed by atoms with van der Waals surface area (Å²) < 4.78 is 28.0. The van der Waals surface area contributed by atoms with Crippen LogP contribution in [0.4, 0.5) is 5.82 Å². The van der Waals surface area contributed by atoms with Gasteiger partial charge in [-0.25, -0.2) is 13.4 Å². The molecule has 0 aliphatic carbocycles. The van der Waals surface area contributed by atoms with E-state index in [0.717, 1.165) is 22.8 Å². The third-order valence-corrected chi connectivity index (χ3v) is 7.56. The van der Waals surface area contributed by atoms with Gasteiger partial charge in [0.15, 0.2) is 5.65 Å². The van der Waals surface area contributed by atoms with E-state index in [0.29, 0.717) is 12.4 Å². The number of nitrogens with zero attached hydrogens (tertiary/aromatic N) is 4. The Bertz CT molecular complexity index is 1760. The molecule has 34 heavy (non-hydrogen) atoms. The highest BCUT2D eigenvalue weighted by Crippen LogP contribution is 2.28. The zero-order valence-electron chi connectivity index (χ0n) is 18.0. The average Bonchev–Trinajstić information content (AvgIpc) is 3.50. The summed E-state index contributed by atoms with van der Waals surface area (Å²) in [6, 6.07) is 24.0. The molecule has 9 heteroatoms. The number of sulfone groups is 1. The Hall–Kier alpha value is -4.24. The monoisotopic (exact) mass is 468 g/mol. The van der Waals surface area contributed by atoms with Gasteiger partial charge in [0.25, 0.3) is 0 Å². The van der Waals surface area contributed by atoms with Crippen molar-refractivity contribution in [2.75, 3.05) is 11.9 Å². The molecule has 6 aromatic rings. The highest BCUT2D eigenvalue weighted by molar-refractivity contribution is 7.91. The number of benzene rings is 3. The van der Waals surface area contributed by atoms with E-state index >= 15 is 0 Å². The SMILES string of the molecule is O=S(=O)(c1ccccc1)c1nnn2c1nc(NCCc1c[nH]c3ccccc13)c1ccccc12. The lowest BCUT2D eigenvalue weighted by atomic mass is 10.1. The molecule has 0 bridgehead atoms. The van der Waals surface area contributed by atoms with Crippen molar-refractivity contribution < 1.29 is 8.42 Å². The largest absolute Gasteiger partial charge is 0.369 e. The zero-order valence-corrected chi connectivity index (χ0v) is 18.8. The third kappa shape index (κ3) is 3.29. The molecule has 0 radical (unpaired) electrons. The van der Waals surface area contributed by atoms with Crippen LogP contribution in [-0.2, 0) is 16.3 Å². The lowest BCUT2D eigenvalue weighted by Crippen LogP contribution is -2.09. The summed E-state index contributed by atoms with van der Waals surface area (Å²) in [6.45, 7) is 0.622. The van der Waals surface area contributed by atoms with Gasteiger partial charge in [0.2, 0.25) is 14.9 Å². The molecule has 0 saturated heterocycles. The number of aromatic nitrogens is 5. The molecule has 0 aliphatic rings. The summed E-state index contributed by atoms with van der Waals surface area (Å²) in [6.07, 6.45) is 2.80. The van der Waals surface area contributed by atoms with Crippen LogP contribution in [0.5, 0.6) is 0 Å². The molecule has 2 N–H and O–H groups in total. The summed E-state index contributed by atoms with van der Waals surface area (Å²) in [5, 5.41) is 13.4. The number of hydrogen-bond acceptors (Lipinski definition) is 6. The van der Waals surface area contributed by atoms with Gasteiger partial charge in [-0.15, -0.1) is 5.10 Å². The maximum absolute atomic E-state index is 13.3. The fraction of sp³-hybridized carbons (Fsp3) is 0.0800. The smallest absolute Gasteiger partial charge is 0.229 e. The molecule has 0 unspecified atom stereocenters. The van der Waals surface area contributed by atoms with Crippen molar-refractivity contribution in [1.82, 2.24) is 24.8 Å². The van der Waals surface area contributed by atoms with Crippen LogP contribution in [0.15, 0.2) is 95.0 Å². The Labute approximate surface area is 195 Å². The fourth-order valence-corrected chi connectivity index (χ4v) is 5.47. The number of nitrogens with one attached hydrogen (secondary N) is 2. The second-order valence-electron chi connectivity index (χ2n) is 7.96. The molecule has 6 rings (SSSR count). The van der Waals surface area contributed by atoms with Gasteiger partial charge in [-0.05, 0) is 42.3 Å². The first-order valence-electron chi connectivity index (χ1n) is 10.9. The van der Waals surface area contributed by atoms with Gasteiger partial charge in [-0.1, -0.05) is 53.7 Å². The Morgan fingerprint density at radius 3 is 2.47 bits per heavy atom. The normalized spacial score (nSPS) is 12.0. The maximum atomic E-state index is 13.3. The highest BCUT2D eigenvalue weighted by atomic mass is 32.2. The van der Waals surface area contributed by atoms with E-state index in [1.165, 1.54) is 15.5 Å². The number of fused-ring (bicyclic) bond motifs is 4.